The van der Waals surface area contributed by atoms with E-state index >= 15 is 0 Å². The molecule has 0 aromatic heterocycles. The lowest BCUT2D eigenvalue weighted by Crippen LogP contribution is -2.33. The van der Waals surface area contributed by atoms with Crippen molar-refractivity contribution in [2.24, 2.45) is 0 Å². The molecular formula is C65H54N2. The molecule has 2 fully saturated rings. The minimum absolute atomic E-state index is 0.123. The van der Waals surface area contributed by atoms with Crippen LogP contribution in [0.4, 0.5) is 22.7 Å². The summed E-state index contributed by atoms with van der Waals surface area (Å²) < 4.78 is 0. The molecule has 8 aromatic carbocycles. The maximum Gasteiger partial charge on any atom is 0.0725 e. The number of hydrogen-bond donors (Lipinski definition) is 0. The number of fused-ring (bicyclic) bond motifs is 18. The van der Waals surface area contributed by atoms with Gasteiger partial charge in [0.2, 0.25) is 0 Å². The van der Waals surface area contributed by atoms with Gasteiger partial charge in [-0.3, -0.25) is 0 Å². The summed E-state index contributed by atoms with van der Waals surface area (Å²) in [4.78, 5) is 4.85. The topological polar surface area (TPSA) is 6.48 Å². The van der Waals surface area contributed by atoms with E-state index in [-0.39, 0.29) is 10.8 Å². The van der Waals surface area contributed by atoms with Gasteiger partial charge in [0.1, 0.15) is 0 Å². The summed E-state index contributed by atoms with van der Waals surface area (Å²) in [5.41, 5.74) is 26.9. The Bertz CT molecular complexity index is 3190. The van der Waals surface area contributed by atoms with Gasteiger partial charge < -0.3 is 9.80 Å². The second-order valence-corrected chi connectivity index (χ2v) is 20.4. The van der Waals surface area contributed by atoms with Crippen molar-refractivity contribution in [3.05, 3.63) is 237 Å². The Morgan fingerprint density at radius 1 is 0.313 bits per heavy atom. The van der Waals surface area contributed by atoms with Crippen LogP contribution < -0.4 is 9.80 Å². The van der Waals surface area contributed by atoms with Gasteiger partial charge >= 0.3 is 0 Å². The van der Waals surface area contributed by atoms with Crippen molar-refractivity contribution >= 4 is 47.1 Å². The van der Waals surface area contributed by atoms with Gasteiger partial charge in [0.05, 0.1) is 5.41 Å². The van der Waals surface area contributed by atoms with Crippen molar-refractivity contribution in [1.29, 1.82) is 0 Å². The Morgan fingerprint density at radius 3 is 1.07 bits per heavy atom. The van der Waals surface area contributed by atoms with Crippen LogP contribution in [0.15, 0.2) is 170 Å². The molecule has 0 amide bonds. The van der Waals surface area contributed by atoms with Gasteiger partial charge in [-0.25, -0.2) is 0 Å². The van der Waals surface area contributed by atoms with Crippen molar-refractivity contribution in [1.82, 2.24) is 0 Å². The first-order chi connectivity index (χ1) is 33.0. The first-order valence-corrected chi connectivity index (χ1v) is 24.8. The fourth-order valence-electron chi connectivity index (χ4n) is 14.4. The van der Waals surface area contributed by atoms with Crippen LogP contribution in [0.2, 0.25) is 0 Å². The Hall–Kier alpha value is -7.16. The molecule has 0 N–H and O–H groups in total. The third-order valence-electron chi connectivity index (χ3n) is 17.3. The van der Waals surface area contributed by atoms with E-state index in [0.717, 1.165) is 0 Å². The van der Waals surface area contributed by atoms with Gasteiger partial charge in [-0.05, 0) is 151 Å². The smallest absolute Gasteiger partial charge is 0.0725 e. The predicted octanol–water partition coefficient (Wildman–Crippen LogP) is 16.3. The summed E-state index contributed by atoms with van der Waals surface area (Å²) in [7, 11) is 4.50. The highest BCUT2D eigenvalue weighted by Crippen LogP contribution is 2.63. The molecule has 0 atom stereocenters. The molecular weight excluding hydrogens is 809 g/mol. The lowest BCUT2D eigenvalue weighted by molar-refractivity contribution is 0.528. The molecule has 0 unspecified atom stereocenters. The van der Waals surface area contributed by atoms with Gasteiger partial charge in [-0.1, -0.05) is 183 Å². The van der Waals surface area contributed by atoms with E-state index in [1.54, 1.807) is 0 Å². The van der Waals surface area contributed by atoms with Gasteiger partial charge in [0.25, 0.3) is 0 Å². The van der Waals surface area contributed by atoms with Crippen LogP contribution in [0.3, 0.4) is 0 Å². The molecule has 2 saturated carbocycles. The summed E-state index contributed by atoms with van der Waals surface area (Å²) in [5, 5.41) is 0. The Kier molecular flexibility index (Phi) is 8.40. The van der Waals surface area contributed by atoms with E-state index in [1.807, 2.05) is 0 Å². The number of anilines is 4. The number of benzene rings is 8. The standard InChI is InChI=1S/C65H54N2/c1-66-59-21-9-7-19-53(59)63(35-11-12-36-63)55-33-29-45(41-61(55)66)25-23-43-27-31-49-50-32-28-44(40-58(50)65(57(49)39-43)51-17-5-3-15-47(51)48-16-4-6-18-52(48)65)24-26-46-30-34-56-62(42-46)67(2)60-22-10-8-20-54(60)64(56)37-13-14-38-64/h3-10,15-34,39-42H,11-14,35-38H2,1-2H3. The van der Waals surface area contributed by atoms with E-state index in [0.29, 0.717) is 0 Å². The maximum absolute atomic E-state index is 2.49. The van der Waals surface area contributed by atoms with Crippen LogP contribution >= 0.6 is 0 Å². The molecule has 324 valence electrons. The average Bonchev–Trinajstić information content (AvgIpc) is 4.19. The van der Waals surface area contributed by atoms with Gasteiger partial charge in [0.15, 0.2) is 0 Å². The number of rotatable bonds is 4. The summed E-state index contributed by atoms with van der Waals surface area (Å²) in [6.45, 7) is 0. The van der Waals surface area contributed by atoms with Crippen molar-refractivity contribution in [3.8, 4) is 22.3 Å². The SMILES string of the molecule is CN1c2ccccc2C2(CCCC2)c2ccc(C=Cc3ccc4c(c3)C3(c5ccccc5-c5ccccc53)c3cc(C=Cc5ccc6c(c5)N(C)c5ccccc5C65CCCC5)ccc3-4)cc21. The lowest BCUT2D eigenvalue weighted by Gasteiger charge is -2.42. The van der Waals surface area contributed by atoms with Crippen LogP contribution in [0.5, 0.6) is 0 Å². The van der Waals surface area contributed by atoms with Crippen molar-refractivity contribution in [3.63, 3.8) is 0 Å². The van der Waals surface area contributed by atoms with Crippen LogP contribution in [0.1, 0.15) is 118 Å². The molecule has 6 aliphatic rings. The van der Waals surface area contributed by atoms with Crippen molar-refractivity contribution < 1.29 is 0 Å². The molecule has 0 saturated heterocycles. The van der Waals surface area contributed by atoms with E-state index in [2.05, 4.69) is 218 Å². The largest absolute Gasteiger partial charge is 0.344 e. The zero-order valence-electron chi connectivity index (χ0n) is 38.5. The molecule has 8 aromatic rings. The van der Waals surface area contributed by atoms with E-state index in [4.69, 9.17) is 0 Å². The summed E-state index contributed by atoms with van der Waals surface area (Å²) in [6.07, 6.45) is 19.4. The van der Waals surface area contributed by atoms with E-state index < -0.39 is 5.41 Å². The van der Waals surface area contributed by atoms with Gasteiger partial charge in [0, 0.05) is 47.7 Å². The third-order valence-corrected chi connectivity index (χ3v) is 17.3. The van der Waals surface area contributed by atoms with E-state index in [1.165, 1.54) is 163 Å². The molecule has 4 aliphatic carbocycles. The molecule has 2 nitrogen and oxygen atoms in total. The van der Waals surface area contributed by atoms with Crippen molar-refractivity contribution in [2.45, 2.75) is 67.6 Å². The Morgan fingerprint density at radius 2 is 0.642 bits per heavy atom. The molecule has 0 bridgehead atoms. The average molecular weight is 863 g/mol. The Balaban J connectivity index is 0.853. The lowest BCUT2D eigenvalue weighted by atomic mass is 9.69. The minimum atomic E-state index is -0.430. The summed E-state index contributed by atoms with van der Waals surface area (Å²) >= 11 is 0. The van der Waals surface area contributed by atoms with Crippen LogP contribution in [0, 0.1) is 0 Å². The van der Waals surface area contributed by atoms with E-state index in [9.17, 15) is 0 Å². The predicted molar refractivity (Wildman–Crippen MR) is 281 cm³/mol. The monoisotopic (exact) mass is 862 g/mol. The quantitative estimate of drug-likeness (QED) is 0.163. The van der Waals surface area contributed by atoms with Crippen LogP contribution in [-0.2, 0) is 16.2 Å². The maximum atomic E-state index is 2.49. The first-order valence-electron chi connectivity index (χ1n) is 24.8. The van der Waals surface area contributed by atoms with Gasteiger partial charge in [-0.2, -0.15) is 0 Å². The normalized spacial score (nSPS) is 18.0. The van der Waals surface area contributed by atoms with Crippen molar-refractivity contribution in [2.75, 3.05) is 23.9 Å². The molecule has 3 spiro atoms. The number of hydrogen-bond acceptors (Lipinski definition) is 2. The Labute approximate surface area is 395 Å². The fraction of sp³-hybridized carbons (Fsp3) is 0.200. The summed E-state index contributed by atoms with van der Waals surface area (Å²) in [6, 6.07) is 65.4. The number of nitrogens with zero attached hydrogens (tertiary/aromatic N) is 2. The molecule has 2 aliphatic heterocycles. The minimum Gasteiger partial charge on any atom is -0.344 e. The fourth-order valence-corrected chi connectivity index (χ4v) is 14.4. The zero-order valence-corrected chi connectivity index (χ0v) is 38.5. The highest BCUT2D eigenvalue weighted by molar-refractivity contribution is 5.96. The molecule has 0 radical (unpaired) electrons. The summed E-state index contributed by atoms with van der Waals surface area (Å²) in [5.74, 6) is 0. The van der Waals surface area contributed by atoms with Crippen LogP contribution in [-0.4, -0.2) is 14.1 Å². The van der Waals surface area contributed by atoms with Gasteiger partial charge in [-0.15, -0.1) is 0 Å². The second-order valence-electron chi connectivity index (χ2n) is 20.4. The number of para-hydroxylation sites is 2. The highest BCUT2D eigenvalue weighted by atomic mass is 15.1. The second kappa shape index (κ2) is 14.4. The molecule has 2 heterocycles. The third kappa shape index (κ3) is 5.33. The molecule has 2 heteroatoms. The highest BCUT2D eigenvalue weighted by Gasteiger charge is 2.52. The molecule has 67 heavy (non-hydrogen) atoms. The molecule has 14 rings (SSSR count). The van der Waals surface area contributed by atoms with Crippen LogP contribution in [0.25, 0.3) is 46.6 Å². The first kappa shape index (κ1) is 39.0. The zero-order chi connectivity index (χ0) is 44.5.